The van der Waals surface area contributed by atoms with E-state index in [2.05, 4.69) is 5.48 Å². The van der Waals surface area contributed by atoms with Crippen LogP contribution in [0.3, 0.4) is 0 Å². The van der Waals surface area contributed by atoms with Crippen molar-refractivity contribution in [2.45, 2.75) is 24.8 Å². The molecule has 0 aliphatic carbocycles. The third kappa shape index (κ3) is 3.25. The van der Waals surface area contributed by atoms with Gasteiger partial charge in [-0.25, -0.2) is 4.39 Å². The number of carbonyl (C=O) groups excluding carboxylic acids is 1. The van der Waals surface area contributed by atoms with Gasteiger partial charge >= 0.3 is 0 Å². The average Bonchev–Trinajstić information content (AvgIpc) is 2.79. The van der Waals surface area contributed by atoms with Crippen LogP contribution in [0.2, 0.25) is 0 Å². The third-order valence-corrected chi connectivity index (χ3v) is 4.17. The molecular formula is C18H19FN2O2. The summed E-state index contributed by atoms with van der Waals surface area (Å²) < 4.78 is 14.0. The molecule has 0 saturated carbocycles. The molecule has 0 bridgehead atoms. The van der Waals surface area contributed by atoms with Crippen molar-refractivity contribution in [1.29, 1.82) is 0 Å². The number of hydroxylamine groups is 1. The van der Waals surface area contributed by atoms with Crippen LogP contribution < -0.4 is 16.1 Å². The largest absolute Gasteiger partial charge is 0.405 e. The van der Waals surface area contributed by atoms with Gasteiger partial charge in [0.05, 0.1) is 0 Å². The van der Waals surface area contributed by atoms with Crippen LogP contribution in [0.4, 0.5) is 4.39 Å². The Hall–Kier alpha value is -2.24. The molecule has 0 saturated heterocycles. The highest BCUT2D eigenvalue weighted by Gasteiger charge is 2.24. The molecule has 3 rings (SSSR count). The minimum Gasteiger partial charge on any atom is -0.405 e. The van der Waals surface area contributed by atoms with Crippen molar-refractivity contribution < 1.29 is 14.0 Å². The van der Waals surface area contributed by atoms with Gasteiger partial charge in [-0.1, -0.05) is 36.4 Å². The maximum atomic E-state index is 14.0. The smallest absolute Gasteiger partial charge is 0.186 e. The zero-order chi connectivity index (χ0) is 16.2. The van der Waals surface area contributed by atoms with Crippen molar-refractivity contribution >= 4 is 6.29 Å². The molecule has 1 heterocycles. The predicted molar refractivity (Wildman–Crippen MR) is 85.5 cm³/mol. The molecule has 2 atom stereocenters. The third-order valence-electron chi connectivity index (χ3n) is 4.17. The molecule has 1 aliphatic rings. The molecule has 120 valence electrons. The molecule has 0 amide bonds. The van der Waals surface area contributed by atoms with Crippen molar-refractivity contribution in [3.8, 4) is 5.75 Å². The van der Waals surface area contributed by atoms with Gasteiger partial charge in [0.1, 0.15) is 6.29 Å². The van der Waals surface area contributed by atoms with Crippen LogP contribution in [0.5, 0.6) is 5.75 Å². The quantitative estimate of drug-likeness (QED) is 0.852. The minimum atomic E-state index is -0.379. The van der Waals surface area contributed by atoms with E-state index in [0.717, 1.165) is 29.4 Å². The molecule has 23 heavy (non-hydrogen) atoms. The monoisotopic (exact) mass is 314 g/mol. The normalized spacial score (nSPS) is 18.4. The van der Waals surface area contributed by atoms with Gasteiger partial charge in [0.15, 0.2) is 11.6 Å². The number of rotatable bonds is 4. The van der Waals surface area contributed by atoms with Crippen LogP contribution in [0.25, 0.3) is 0 Å². The van der Waals surface area contributed by atoms with E-state index in [1.54, 1.807) is 6.07 Å². The number of aldehydes is 1. The van der Waals surface area contributed by atoms with Crippen molar-refractivity contribution in [1.82, 2.24) is 5.48 Å². The Morgan fingerprint density at radius 2 is 2.17 bits per heavy atom. The summed E-state index contributed by atoms with van der Waals surface area (Å²) in [7, 11) is 0. The van der Waals surface area contributed by atoms with Crippen LogP contribution >= 0.6 is 0 Å². The van der Waals surface area contributed by atoms with Gasteiger partial charge in [0.25, 0.3) is 0 Å². The maximum Gasteiger partial charge on any atom is 0.186 e. The standard InChI is InChI=1S/C18H19FN2O2/c19-16-6-2-5-15-14(7-9-21-23-18(15)16)12-3-1-4-13(11-12)17(20)8-10-22/h1-6,10-11,14,17,21H,7-9,20H2/t14?,17-/m0/s1. The fourth-order valence-corrected chi connectivity index (χ4v) is 2.98. The summed E-state index contributed by atoms with van der Waals surface area (Å²) in [5, 5.41) is 0. The van der Waals surface area contributed by atoms with Gasteiger partial charge in [0, 0.05) is 30.5 Å². The number of fused-ring (bicyclic) bond motifs is 1. The molecule has 1 aliphatic heterocycles. The minimum absolute atomic E-state index is 0.0130. The Kier molecular flexibility index (Phi) is 4.69. The highest BCUT2D eigenvalue weighted by atomic mass is 19.1. The fraction of sp³-hybridized carbons (Fsp3) is 0.278. The van der Waals surface area contributed by atoms with Crippen molar-refractivity contribution in [2.75, 3.05) is 6.54 Å². The van der Waals surface area contributed by atoms with Gasteiger partial charge in [0.2, 0.25) is 0 Å². The fourth-order valence-electron chi connectivity index (χ4n) is 2.98. The van der Waals surface area contributed by atoms with E-state index < -0.39 is 0 Å². The van der Waals surface area contributed by atoms with Gasteiger partial charge < -0.3 is 15.4 Å². The molecule has 2 aromatic rings. The van der Waals surface area contributed by atoms with E-state index in [4.69, 9.17) is 10.6 Å². The van der Waals surface area contributed by atoms with Gasteiger partial charge in [-0.05, 0) is 23.6 Å². The number of benzene rings is 2. The Balaban J connectivity index is 2.00. The van der Waals surface area contributed by atoms with Gasteiger partial charge in [-0.15, -0.1) is 0 Å². The number of carbonyl (C=O) groups is 1. The second-order valence-electron chi connectivity index (χ2n) is 5.67. The number of hydrogen-bond acceptors (Lipinski definition) is 4. The lowest BCUT2D eigenvalue weighted by Crippen LogP contribution is -2.18. The summed E-state index contributed by atoms with van der Waals surface area (Å²) in [5.74, 6) is -0.118. The maximum absolute atomic E-state index is 14.0. The molecule has 0 spiro atoms. The average molecular weight is 314 g/mol. The predicted octanol–water partition coefficient (Wildman–Crippen LogP) is 2.83. The van der Waals surface area contributed by atoms with Crippen molar-refractivity contribution in [3.63, 3.8) is 0 Å². The van der Waals surface area contributed by atoms with Crippen molar-refractivity contribution in [3.05, 3.63) is 65.0 Å². The number of para-hydroxylation sites is 1. The van der Waals surface area contributed by atoms with Gasteiger partial charge in [-0.2, -0.15) is 5.48 Å². The zero-order valence-electron chi connectivity index (χ0n) is 12.7. The Morgan fingerprint density at radius 3 is 3.00 bits per heavy atom. The Labute approximate surface area is 134 Å². The van der Waals surface area contributed by atoms with Gasteiger partial charge in [-0.3, -0.25) is 0 Å². The Morgan fingerprint density at radius 1 is 1.35 bits per heavy atom. The first-order chi connectivity index (χ1) is 11.2. The molecule has 4 nitrogen and oxygen atoms in total. The zero-order valence-corrected chi connectivity index (χ0v) is 12.7. The molecule has 0 fully saturated rings. The highest BCUT2D eigenvalue weighted by molar-refractivity contribution is 5.52. The molecule has 3 N–H and O–H groups in total. The van der Waals surface area contributed by atoms with Crippen LogP contribution in [-0.4, -0.2) is 12.8 Å². The van der Waals surface area contributed by atoms with E-state index in [1.165, 1.54) is 6.07 Å². The van der Waals surface area contributed by atoms with E-state index >= 15 is 0 Å². The molecule has 0 aromatic heterocycles. The SMILES string of the molecule is N[C@@H](CC=O)c1cccc(C2CCNOc3c(F)cccc32)c1. The first kappa shape index (κ1) is 15.6. The summed E-state index contributed by atoms with van der Waals surface area (Å²) in [5.41, 5.74) is 11.6. The molecule has 5 heteroatoms. The van der Waals surface area contributed by atoms with E-state index in [-0.39, 0.29) is 29.9 Å². The van der Waals surface area contributed by atoms with Crippen LogP contribution in [0, 0.1) is 5.82 Å². The second-order valence-corrected chi connectivity index (χ2v) is 5.67. The first-order valence-corrected chi connectivity index (χ1v) is 7.68. The lowest BCUT2D eigenvalue weighted by Gasteiger charge is -2.18. The number of nitrogens with two attached hydrogens (primary N) is 1. The molecule has 1 unspecified atom stereocenters. The molecule has 2 aromatic carbocycles. The second kappa shape index (κ2) is 6.89. The highest BCUT2D eigenvalue weighted by Crippen LogP contribution is 2.37. The lowest BCUT2D eigenvalue weighted by atomic mass is 9.86. The van der Waals surface area contributed by atoms with Crippen LogP contribution in [0.15, 0.2) is 42.5 Å². The Bertz CT molecular complexity index is 705. The lowest BCUT2D eigenvalue weighted by molar-refractivity contribution is -0.108. The number of hydrogen-bond donors (Lipinski definition) is 2. The molecule has 0 radical (unpaired) electrons. The summed E-state index contributed by atoms with van der Waals surface area (Å²) >= 11 is 0. The van der Waals surface area contributed by atoms with Crippen molar-refractivity contribution in [2.24, 2.45) is 5.73 Å². The first-order valence-electron chi connectivity index (χ1n) is 7.68. The number of halogens is 1. The summed E-state index contributed by atoms with van der Waals surface area (Å²) in [6.45, 7) is 0.614. The van der Waals surface area contributed by atoms with Crippen LogP contribution in [-0.2, 0) is 4.79 Å². The topological polar surface area (TPSA) is 64.4 Å². The summed E-state index contributed by atoms with van der Waals surface area (Å²) in [6.07, 6.45) is 1.89. The van der Waals surface area contributed by atoms with E-state index in [9.17, 15) is 9.18 Å². The van der Waals surface area contributed by atoms with Crippen LogP contribution in [0.1, 0.15) is 41.5 Å². The summed E-state index contributed by atoms with van der Waals surface area (Å²) in [6, 6.07) is 12.5. The summed E-state index contributed by atoms with van der Waals surface area (Å²) in [4.78, 5) is 16.0. The van der Waals surface area contributed by atoms with E-state index in [0.29, 0.717) is 6.54 Å². The number of nitrogens with one attached hydrogen (secondary N) is 1. The molecular weight excluding hydrogens is 295 g/mol. The van der Waals surface area contributed by atoms with E-state index in [1.807, 2.05) is 30.3 Å².